The van der Waals surface area contributed by atoms with Crippen molar-refractivity contribution >= 4 is 61.3 Å². The lowest BCUT2D eigenvalue weighted by atomic mass is 10.1. The van der Waals surface area contributed by atoms with E-state index in [-0.39, 0.29) is 16.6 Å². The normalized spacial score (nSPS) is 18.9. The number of aliphatic imine (C=N–C) groups is 1. The summed E-state index contributed by atoms with van der Waals surface area (Å²) in [5, 5.41) is 15.0. The fraction of sp³-hybridized carbons (Fsp3) is 0.0526. The number of hydrogen-bond acceptors (Lipinski definition) is 5. The van der Waals surface area contributed by atoms with Gasteiger partial charge in [-0.15, -0.1) is 10.5 Å². The van der Waals surface area contributed by atoms with E-state index in [0.717, 1.165) is 16.5 Å². The van der Waals surface area contributed by atoms with Gasteiger partial charge in [0.15, 0.2) is 5.17 Å². The van der Waals surface area contributed by atoms with Crippen LogP contribution in [0.15, 0.2) is 59.7 Å². The standard InChI is InChI=1S/C19H13ClN4O3S/c1-28-17(12-4-7-15-11(9-12)3-2-8-21-15)18(25)23-19(28)22-16-10-13(24(26)27)5-6-14(16)20/h2-10,17H,1H2,(H,22,23,25). The van der Waals surface area contributed by atoms with Gasteiger partial charge in [-0.1, -0.05) is 29.6 Å². The van der Waals surface area contributed by atoms with E-state index < -0.39 is 20.7 Å². The third kappa shape index (κ3) is 3.28. The molecule has 9 heteroatoms. The molecule has 2 atom stereocenters. The molecular weight excluding hydrogens is 400 g/mol. The molecule has 3 aromatic rings. The van der Waals surface area contributed by atoms with Gasteiger partial charge in [0.1, 0.15) is 5.25 Å². The molecule has 0 fully saturated rings. The highest BCUT2D eigenvalue weighted by Crippen LogP contribution is 2.42. The first-order valence-electron chi connectivity index (χ1n) is 8.15. The van der Waals surface area contributed by atoms with Crippen LogP contribution in [0.5, 0.6) is 0 Å². The molecular formula is C19H13ClN4O3S. The number of benzene rings is 2. The van der Waals surface area contributed by atoms with E-state index in [2.05, 4.69) is 21.2 Å². The van der Waals surface area contributed by atoms with Gasteiger partial charge in [0.2, 0.25) is 0 Å². The van der Waals surface area contributed by atoms with E-state index >= 15 is 0 Å². The number of nitrogens with one attached hydrogen (secondary N) is 1. The highest BCUT2D eigenvalue weighted by molar-refractivity contribution is 8.28. The monoisotopic (exact) mass is 412 g/mol. The molecule has 0 saturated heterocycles. The maximum atomic E-state index is 12.6. The van der Waals surface area contributed by atoms with Crippen LogP contribution >= 0.6 is 22.1 Å². The Kier molecular flexibility index (Phi) is 4.66. The summed E-state index contributed by atoms with van der Waals surface area (Å²) in [5.74, 6) is 3.80. The number of pyridine rings is 1. The number of nitrogens with zero attached hydrogens (tertiary/aromatic N) is 3. The van der Waals surface area contributed by atoms with Crippen LogP contribution in [0, 0.1) is 10.1 Å². The maximum absolute atomic E-state index is 12.6. The number of fused-ring (bicyclic) bond motifs is 1. The van der Waals surface area contributed by atoms with Gasteiger partial charge in [0.05, 0.1) is 21.2 Å². The number of rotatable bonds is 3. The van der Waals surface area contributed by atoms with Crippen molar-refractivity contribution in [1.82, 2.24) is 4.98 Å². The number of amidine groups is 1. The van der Waals surface area contributed by atoms with Gasteiger partial charge < -0.3 is 5.32 Å². The highest BCUT2D eigenvalue weighted by Gasteiger charge is 2.32. The Morgan fingerprint density at radius 1 is 1.21 bits per heavy atom. The van der Waals surface area contributed by atoms with Gasteiger partial charge in [-0.3, -0.25) is 19.9 Å². The lowest BCUT2D eigenvalue weighted by Crippen LogP contribution is -2.09. The fourth-order valence-corrected chi connectivity index (χ4v) is 4.55. The SMILES string of the molecule is C=S1C(Nc2cc([N+](=O)[O-])ccc2Cl)=NC(=O)C1c1ccc2ncccc2c1. The van der Waals surface area contributed by atoms with E-state index in [9.17, 15) is 14.9 Å². The fourth-order valence-electron chi connectivity index (χ4n) is 2.95. The molecule has 0 aliphatic carbocycles. The number of hydrogen-bond donors (Lipinski definition) is 1. The van der Waals surface area contributed by atoms with Gasteiger partial charge >= 0.3 is 0 Å². The smallest absolute Gasteiger partial charge is 0.271 e. The van der Waals surface area contributed by atoms with E-state index in [1.54, 1.807) is 6.20 Å². The number of carbonyl (C=O) groups excluding carboxylic acids is 1. The molecule has 0 radical (unpaired) electrons. The summed E-state index contributed by atoms with van der Waals surface area (Å²) in [6.07, 6.45) is 1.71. The molecule has 1 aromatic heterocycles. The Balaban J connectivity index is 1.64. The van der Waals surface area contributed by atoms with Crippen LogP contribution in [0.25, 0.3) is 10.9 Å². The van der Waals surface area contributed by atoms with Crippen LogP contribution in [-0.2, 0) is 4.79 Å². The summed E-state index contributed by atoms with van der Waals surface area (Å²) in [5.41, 5.74) is 1.84. The second-order valence-corrected chi connectivity index (χ2v) is 8.19. The molecule has 0 saturated carbocycles. The molecule has 1 aliphatic rings. The largest absolute Gasteiger partial charge is 0.334 e. The zero-order valence-electron chi connectivity index (χ0n) is 14.3. The van der Waals surface area contributed by atoms with Crippen LogP contribution in [-0.4, -0.2) is 26.9 Å². The third-order valence-electron chi connectivity index (χ3n) is 4.30. The van der Waals surface area contributed by atoms with E-state index in [1.165, 1.54) is 18.2 Å². The lowest BCUT2D eigenvalue weighted by Gasteiger charge is -2.14. The molecule has 2 unspecified atom stereocenters. The molecule has 140 valence electrons. The van der Waals surface area contributed by atoms with Crippen LogP contribution in [0.1, 0.15) is 10.8 Å². The van der Waals surface area contributed by atoms with Gasteiger partial charge in [-0.05, 0) is 29.8 Å². The maximum Gasteiger partial charge on any atom is 0.271 e. The van der Waals surface area contributed by atoms with Gasteiger partial charge in [0, 0.05) is 23.7 Å². The van der Waals surface area contributed by atoms with Crippen molar-refractivity contribution in [3.8, 4) is 0 Å². The summed E-state index contributed by atoms with van der Waals surface area (Å²) in [6, 6.07) is 13.4. The second kappa shape index (κ2) is 7.14. The highest BCUT2D eigenvalue weighted by atomic mass is 35.5. The van der Waals surface area contributed by atoms with Crippen LogP contribution < -0.4 is 5.32 Å². The Hall–Kier alpha value is -3.10. The molecule has 0 bridgehead atoms. The van der Waals surface area contributed by atoms with Crippen molar-refractivity contribution in [3.05, 3.63) is 75.4 Å². The Morgan fingerprint density at radius 3 is 2.82 bits per heavy atom. The van der Waals surface area contributed by atoms with Crippen molar-refractivity contribution in [2.75, 3.05) is 5.32 Å². The Labute approximate surface area is 167 Å². The summed E-state index contributed by atoms with van der Waals surface area (Å²) < 4.78 is 0. The summed E-state index contributed by atoms with van der Waals surface area (Å²) >= 11 is 6.13. The zero-order valence-corrected chi connectivity index (χ0v) is 15.9. The first-order valence-corrected chi connectivity index (χ1v) is 9.98. The van der Waals surface area contributed by atoms with E-state index in [1.807, 2.05) is 30.3 Å². The Bertz CT molecular complexity index is 1190. The molecule has 1 aliphatic heterocycles. The molecule has 7 nitrogen and oxygen atoms in total. The molecule has 4 rings (SSSR count). The molecule has 0 spiro atoms. The van der Waals surface area contributed by atoms with Crippen molar-refractivity contribution in [2.45, 2.75) is 5.25 Å². The molecule has 2 heterocycles. The van der Waals surface area contributed by atoms with Crippen molar-refractivity contribution in [2.24, 2.45) is 4.99 Å². The van der Waals surface area contributed by atoms with Gasteiger partial charge in [-0.25, -0.2) is 0 Å². The van der Waals surface area contributed by atoms with Crippen molar-refractivity contribution in [1.29, 1.82) is 0 Å². The zero-order chi connectivity index (χ0) is 19.8. The first-order chi connectivity index (χ1) is 13.4. The quantitative estimate of drug-likeness (QED) is 0.386. The number of anilines is 1. The number of aromatic nitrogens is 1. The number of nitro groups is 1. The van der Waals surface area contributed by atoms with Crippen LogP contribution in [0.2, 0.25) is 5.02 Å². The summed E-state index contributed by atoms with van der Waals surface area (Å²) in [4.78, 5) is 31.4. The molecule has 1 amide bonds. The minimum Gasteiger partial charge on any atom is -0.334 e. The van der Waals surface area contributed by atoms with Crippen LogP contribution in [0.4, 0.5) is 11.4 Å². The van der Waals surface area contributed by atoms with Crippen LogP contribution in [0.3, 0.4) is 0 Å². The van der Waals surface area contributed by atoms with Gasteiger partial charge in [0.25, 0.3) is 11.6 Å². The summed E-state index contributed by atoms with van der Waals surface area (Å²) in [6.45, 7) is 0. The minimum absolute atomic E-state index is 0.112. The number of halogens is 1. The molecule has 2 aromatic carbocycles. The predicted octanol–water partition coefficient (Wildman–Crippen LogP) is 4.55. The Morgan fingerprint density at radius 2 is 2.04 bits per heavy atom. The van der Waals surface area contributed by atoms with Gasteiger partial charge in [-0.2, -0.15) is 4.99 Å². The summed E-state index contributed by atoms with van der Waals surface area (Å²) in [7, 11) is -0.808. The van der Waals surface area contributed by atoms with E-state index in [0.29, 0.717) is 10.9 Å². The molecule has 1 N–H and O–H groups in total. The average molecular weight is 413 g/mol. The van der Waals surface area contributed by atoms with Crippen molar-refractivity contribution < 1.29 is 9.72 Å². The third-order valence-corrected chi connectivity index (χ3v) is 6.36. The topological polar surface area (TPSA) is 97.5 Å². The number of nitro benzene ring substituents is 1. The lowest BCUT2D eigenvalue weighted by molar-refractivity contribution is -0.384. The minimum atomic E-state index is -0.808. The average Bonchev–Trinajstić information content (AvgIpc) is 2.96. The molecule has 28 heavy (non-hydrogen) atoms. The predicted molar refractivity (Wildman–Crippen MR) is 113 cm³/mol. The van der Waals surface area contributed by atoms with Crippen molar-refractivity contribution in [3.63, 3.8) is 0 Å². The number of amides is 1. The second-order valence-electron chi connectivity index (χ2n) is 6.07. The first kappa shape index (κ1) is 18.3. The number of non-ortho nitro benzene ring substituents is 1. The number of carbonyl (C=O) groups is 1. The van der Waals surface area contributed by atoms with E-state index in [4.69, 9.17) is 11.6 Å².